The molecule has 0 radical (unpaired) electrons. The lowest BCUT2D eigenvalue weighted by molar-refractivity contribution is 0.0632. The number of amides is 1. The molecule has 3 aromatic rings. The number of hydrogen-bond donors (Lipinski definition) is 0. The number of pyridine rings is 1. The highest BCUT2D eigenvalue weighted by molar-refractivity contribution is 5.99. The second-order valence-corrected chi connectivity index (χ2v) is 7.56. The van der Waals surface area contributed by atoms with Crippen molar-refractivity contribution >= 4 is 11.7 Å². The molecule has 1 saturated heterocycles. The van der Waals surface area contributed by atoms with Gasteiger partial charge in [-0.3, -0.25) is 9.59 Å². The number of aryl methyl sites for hydroxylation is 1. The maximum Gasteiger partial charge on any atom is 0.272 e. The van der Waals surface area contributed by atoms with Crippen molar-refractivity contribution in [2.75, 3.05) is 13.1 Å². The van der Waals surface area contributed by atoms with Crippen LogP contribution in [0.25, 0.3) is 11.1 Å². The summed E-state index contributed by atoms with van der Waals surface area (Å²) in [5.41, 5.74) is 4.20. The van der Waals surface area contributed by atoms with Crippen molar-refractivity contribution in [1.82, 2.24) is 9.88 Å². The van der Waals surface area contributed by atoms with Crippen LogP contribution in [0.5, 0.6) is 0 Å². The number of rotatable bonds is 4. The summed E-state index contributed by atoms with van der Waals surface area (Å²) in [7, 11) is 0. The van der Waals surface area contributed by atoms with Crippen molar-refractivity contribution in [2.24, 2.45) is 5.92 Å². The molecule has 0 N–H and O–H groups in total. The highest BCUT2D eigenvalue weighted by Gasteiger charge is 2.30. The molecule has 0 saturated carbocycles. The number of carbonyl (C=O) groups excluding carboxylic acids is 2. The van der Waals surface area contributed by atoms with Crippen LogP contribution in [0.2, 0.25) is 0 Å². The number of carbonyl (C=O) groups is 2. The average Bonchev–Trinajstić information content (AvgIpc) is 2.79. The molecule has 2 aromatic carbocycles. The lowest BCUT2D eigenvalue weighted by Gasteiger charge is -2.32. The molecule has 1 fully saturated rings. The van der Waals surface area contributed by atoms with E-state index in [1.807, 2.05) is 61.5 Å². The largest absolute Gasteiger partial charge is 0.337 e. The molecule has 2 heterocycles. The van der Waals surface area contributed by atoms with Gasteiger partial charge < -0.3 is 4.90 Å². The number of likely N-dealkylation sites (tertiary alicyclic amines) is 1. The minimum Gasteiger partial charge on any atom is -0.337 e. The summed E-state index contributed by atoms with van der Waals surface area (Å²) in [6.07, 6.45) is 1.64. The third-order valence-electron chi connectivity index (χ3n) is 5.46. The molecular formula is C25H24N2O2. The number of aromatic nitrogens is 1. The molecule has 1 atom stereocenters. The third-order valence-corrected chi connectivity index (χ3v) is 5.46. The Kier molecular flexibility index (Phi) is 5.52. The zero-order chi connectivity index (χ0) is 20.2. The van der Waals surface area contributed by atoms with Crippen LogP contribution in [0.15, 0.2) is 72.8 Å². The first-order valence-corrected chi connectivity index (χ1v) is 10.0. The van der Waals surface area contributed by atoms with Crippen molar-refractivity contribution in [3.63, 3.8) is 0 Å². The lowest BCUT2D eigenvalue weighted by atomic mass is 9.89. The minimum atomic E-state index is -0.167. The average molecular weight is 384 g/mol. The second-order valence-electron chi connectivity index (χ2n) is 7.56. The Morgan fingerprint density at radius 3 is 2.34 bits per heavy atom. The fraction of sp³-hybridized carbons (Fsp3) is 0.240. The summed E-state index contributed by atoms with van der Waals surface area (Å²) in [4.78, 5) is 32.0. The summed E-state index contributed by atoms with van der Waals surface area (Å²) in [6.45, 7) is 3.00. The van der Waals surface area contributed by atoms with E-state index in [1.165, 1.54) is 0 Å². The molecule has 0 spiro atoms. The summed E-state index contributed by atoms with van der Waals surface area (Å²) in [5.74, 6) is -0.148. The fourth-order valence-corrected chi connectivity index (χ4v) is 3.89. The number of benzene rings is 2. The highest BCUT2D eigenvalue weighted by Crippen LogP contribution is 2.24. The fourth-order valence-electron chi connectivity index (χ4n) is 3.89. The van der Waals surface area contributed by atoms with E-state index in [9.17, 15) is 9.59 Å². The van der Waals surface area contributed by atoms with Gasteiger partial charge in [-0.25, -0.2) is 4.98 Å². The van der Waals surface area contributed by atoms with Gasteiger partial charge in [0, 0.05) is 30.3 Å². The van der Waals surface area contributed by atoms with Gasteiger partial charge in [-0.15, -0.1) is 0 Å². The number of Topliss-reactive ketones (excluding diaryl/α,β-unsaturated/α-hetero) is 1. The summed E-state index contributed by atoms with van der Waals surface area (Å²) < 4.78 is 0. The Bertz CT molecular complexity index is 1010. The molecule has 4 heteroatoms. The van der Waals surface area contributed by atoms with Crippen LogP contribution in [0.3, 0.4) is 0 Å². The van der Waals surface area contributed by atoms with Crippen molar-refractivity contribution < 1.29 is 9.59 Å². The Morgan fingerprint density at radius 1 is 0.897 bits per heavy atom. The first-order chi connectivity index (χ1) is 14.1. The van der Waals surface area contributed by atoms with Gasteiger partial charge in [0.25, 0.3) is 5.91 Å². The minimum absolute atomic E-state index is 0.0920. The molecular weight excluding hydrogens is 360 g/mol. The van der Waals surface area contributed by atoms with E-state index in [0.29, 0.717) is 24.3 Å². The zero-order valence-corrected chi connectivity index (χ0v) is 16.5. The molecule has 1 amide bonds. The van der Waals surface area contributed by atoms with Crippen LogP contribution in [0.4, 0.5) is 0 Å². The SMILES string of the molecule is Cc1cccc(C(=O)N2CCC[C@H](C(=O)c3ccc(-c4ccccc4)cc3)C2)n1. The van der Waals surface area contributed by atoms with Gasteiger partial charge >= 0.3 is 0 Å². The van der Waals surface area contributed by atoms with Crippen LogP contribution in [-0.2, 0) is 0 Å². The van der Waals surface area contributed by atoms with Gasteiger partial charge in [0.1, 0.15) is 5.69 Å². The lowest BCUT2D eigenvalue weighted by Crippen LogP contribution is -2.42. The molecule has 1 aliphatic rings. The van der Waals surface area contributed by atoms with Gasteiger partial charge in [0.15, 0.2) is 5.78 Å². The Hall–Kier alpha value is -3.27. The normalized spacial score (nSPS) is 16.4. The predicted molar refractivity (Wildman–Crippen MR) is 114 cm³/mol. The van der Waals surface area contributed by atoms with E-state index < -0.39 is 0 Å². The van der Waals surface area contributed by atoms with Crippen LogP contribution in [0, 0.1) is 12.8 Å². The van der Waals surface area contributed by atoms with Gasteiger partial charge in [-0.1, -0.05) is 60.7 Å². The van der Waals surface area contributed by atoms with Crippen molar-refractivity contribution in [1.29, 1.82) is 0 Å². The van der Waals surface area contributed by atoms with Crippen LogP contribution in [-0.4, -0.2) is 34.7 Å². The van der Waals surface area contributed by atoms with Gasteiger partial charge in [0.05, 0.1) is 0 Å². The molecule has 0 unspecified atom stereocenters. The van der Waals surface area contributed by atoms with E-state index in [4.69, 9.17) is 0 Å². The van der Waals surface area contributed by atoms with Crippen LogP contribution < -0.4 is 0 Å². The molecule has 146 valence electrons. The molecule has 29 heavy (non-hydrogen) atoms. The van der Waals surface area contributed by atoms with Gasteiger partial charge in [-0.05, 0) is 43.0 Å². The Balaban J connectivity index is 1.46. The first kappa shape index (κ1) is 19.1. The molecule has 0 bridgehead atoms. The quantitative estimate of drug-likeness (QED) is 0.608. The van der Waals surface area contributed by atoms with E-state index in [1.54, 1.807) is 11.0 Å². The van der Waals surface area contributed by atoms with Crippen molar-refractivity contribution in [3.05, 3.63) is 89.7 Å². The van der Waals surface area contributed by atoms with E-state index in [2.05, 4.69) is 17.1 Å². The second kappa shape index (κ2) is 8.39. The van der Waals surface area contributed by atoms with Crippen molar-refractivity contribution in [2.45, 2.75) is 19.8 Å². The standard InChI is InChI=1S/C25H24N2O2/c1-18-7-5-11-23(26-18)25(29)27-16-6-10-22(17-27)24(28)21-14-12-20(13-15-21)19-8-3-2-4-9-19/h2-5,7-9,11-15,22H,6,10,16-17H2,1H3/t22-/m0/s1. The molecule has 4 nitrogen and oxygen atoms in total. The number of hydrogen-bond acceptors (Lipinski definition) is 3. The Labute approximate surface area is 171 Å². The molecule has 0 aliphatic carbocycles. The first-order valence-electron chi connectivity index (χ1n) is 10.0. The molecule has 1 aliphatic heterocycles. The highest BCUT2D eigenvalue weighted by atomic mass is 16.2. The van der Waals surface area contributed by atoms with E-state index in [-0.39, 0.29) is 17.6 Å². The zero-order valence-electron chi connectivity index (χ0n) is 16.5. The maximum atomic E-state index is 13.1. The smallest absolute Gasteiger partial charge is 0.272 e. The monoisotopic (exact) mass is 384 g/mol. The van der Waals surface area contributed by atoms with Crippen LogP contribution in [0.1, 0.15) is 39.4 Å². The van der Waals surface area contributed by atoms with Crippen molar-refractivity contribution in [3.8, 4) is 11.1 Å². The van der Waals surface area contributed by atoms with Gasteiger partial charge in [0.2, 0.25) is 0 Å². The summed E-state index contributed by atoms with van der Waals surface area (Å²) >= 11 is 0. The van der Waals surface area contributed by atoms with E-state index in [0.717, 1.165) is 29.7 Å². The summed E-state index contributed by atoms with van der Waals surface area (Å²) in [5, 5.41) is 0. The summed E-state index contributed by atoms with van der Waals surface area (Å²) in [6, 6.07) is 23.3. The van der Waals surface area contributed by atoms with Gasteiger partial charge in [-0.2, -0.15) is 0 Å². The topological polar surface area (TPSA) is 50.3 Å². The molecule has 4 rings (SSSR count). The number of ketones is 1. The van der Waals surface area contributed by atoms with E-state index >= 15 is 0 Å². The predicted octanol–water partition coefficient (Wildman–Crippen LogP) is 4.79. The maximum absolute atomic E-state index is 13.1. The third kappa shape index (κ3) is 4.27. The number of piperidine rings is 1. The Morgan fingerprint density at radius 2 is 1.62 bits per heavy atom. The molecule has 1 aromatic heterocycles. The number of nitrogens with zero attached hydrogens (tertiary/aromatic N) is 2. The van der Waals surface area contributed by atoms with Crippen LogP contribution >= 0.6 is 0 Å².